The molecule has 11 heteroatoms. The number of amides is 1. The number of hydrogen-bond acceptors (Lipinski definition) is 6. The average Bonchev–Trinajstić information content (AvgIpc) is 3.04. The highest BCUT2D eigenvalue weighted by Gasteiger charge is 2.47. The smallest absolute Gasteiger partial charge is 0.254 e. The van der Waals surface area contributed by atoms with Crippen LogP contribution in [0.15, 0.2) is 90.1 Å². The van der Waals surface area contributed by atoms with E-state index in [0.717, 1.165) is 39.7 Å². The molecule has 7 rings (SSSR count). The highest BCUT2D eigenvalue weighted by molar-refractivity contribution is 7.89. The first-order chi connectivity index (χ1) is 21.3. The molecule has 1 aromatic heterocycles. The molecular weight excluding hydrogens is 600 g/mol. The molecule has 3 fully saturated rings. The number of sulfonamides is 1. The van der Waals surface area contributed by atoms with E-state index in [9.17, 15) is 18.4 Å². The van der Waals surface area contributed by atoms with Crippen molar-refractivity contribution in [1.82, 2.24) is 14.1 Å². The molecule has 1 amide bonds. The fraction of sp³-hybridized carbons (Fsp3) is 0.333. The van der Waals surface area contributed by atoms with Gasteiger partial charge in [-0.15, -0.1) is 0 Å². The zero-order valence-electron chi connectivity index (χ0n) is 24.1. The fourth-order valence-electron chi connectivity index (χ4n) is 6.95. The molecule has 9 nitrogen and oxygen atoms in total. The zero-order chi connectivity index (χ0) is 30.4. The largest absolute Gasteiger partial charge is 0.619 e. The Morgan fingerprint density at radius 2 is 1.43 bits per heavy atom. The van der Waals surface area contributed by atoms with E-state index in [1.807, 2.05) is 41.3 Å². The molecule has 2 atom stereocenters. The van der Waals surface area contributed by atoms with Gasteiger partial charge in [0.2, 0.25) is 10.0 Å². The number of piperidine rings is 1. The van der Waals surface area contributed by atoms with Crippen molar-refractivity contribution in [2.24, 2.45) is 0 Å². The van der Waals surface area contributed by atoms with Crippen molar-refractivity contribution < 1.29 is 22.7 Å². The standard InChI is InChI=1S/C33H33ClN4O5S/c34-28-7-5-27-18-32(8-6-26(27)17-28)44(41,42)37-21-30-19-29(35-13-15-43-16-14-35)20-31(22-37)38(30)33(39)25-3-1-23(2-4-25)24-9-11-36(40)12-10-24/h1-12,17-18,29-31H,13-16,19-22H2. The second kappa shape index (κ2) is 11.8. The minimum absolute atomic E-state index is 0.0860. The minimum Gasteiger partial charge on any atom is -0.619 e. The number of benzene rings is 3. The van der Waals surface area contributed by atoms with Gasteiger partial charge in [-0.25, -0.2) is 8.42 Å². The summed E-state index contributed by atoms with van der Waals surface area (Å²) in [5.74, 6) is -0.0860. The predicted octanol–water partition coefficient (Wildman–Crippen LogP) is 4.17. The summed E-state index contributed by atoms with van der Waals surface area (Å²) in [6.45, 7) is 3.53. The molecule has 4 heterocycles. The molecule has 0 N–H and O–H groups in total. The number of nitrogens with zero attached hydrogens (tertiary/aromatic N) is 4. The van der Waals surface area contributed by atoms with Crippen LogP contribution in [0.1, 0.15) is 23.2 Å². The molecule has 0 aliphatic carbocycles. The van der Waals surface area contributed by atoms with E-state index in [0.29, 0.717) is 36.6 Å². The van der Waals surface area contributed by atoms with Crippen LogP contribution in [-0.2, 0) is 14.8 Å². The van der Waals surface area contributed by atoms with Crippen LogP contribution in [0.3, 0.4) is 0 Å². The number of carbonyl (C=O) groups is 1. The normalized spacial score (nSPS) is 23.1. The van der Waals surface area contributed by atoms with Gasteiger partial charge in [0.05, 0.1) is 18.1 Å². The molecule has 228 valence electrons. The van der Waals surface area contributed by atoms with Crippen molar-refractivity contribution in [3.63, 3.8) is 0 Å². The van der Waals surface area contributed by atoms with Crippen LogP contribution in [0.5, 0.6) is 0 Å². The molecule has 0 spiro atoms. The number of carbonyl (C=O) groups excluding carboxylic acids is 1. The molecule has 2 unspecified atom stereocenters. The number of pyridine rings is 1. The monoisotopic (exact) mass is 632 g/mol. The Bertz CT molecular complexity index is 1780. The van der Waals surface area contributed by atoms with Gasteiger partial charge in [0.15, 0.2) is 12.4 Å². The Kier molecular flexibility index (Phi) is 7.80. The van der Waals surface area contributed by atoms with Crippen molar-refractivity contribution in [3.8, 4) is 11.1 Å². The van der Waals surface area contributed by atoms with Crippen molar-refractivity contribution in [1.29, 1.82) is 0 Å². The first-order valence-electron chi connectivity index (χ1n) is 14.9. The summed E-state index contributed by atoms with van der Waals surface area (Å²) in [5, 5.41) is 13.7. The van der Waals surface area contributed by atoms with Crippen LogP contribution in [0, 0.1) is 5.21 Å². The maximum absolute atomic E-state index is 14.1. The summed E-state index contributed by atoms with van der Waals surface area (Å²) in [4.78, 5) is 18.7. The van der Waals surface area contributed by atoms with E-state index in [-0.39, 0.29) is 42.0 Å². The van der Waals surface area contributed by atoms with E-state index >= 15 is 0 Å². The van der Waals surface area contributed by atoms with Gasteiger partial charge in [-0.2, -0.15) is 9.04 Å². The molecule has 3 aromatic carbocycles. The number of piperazine rings is 1. The lowest BCUT2D eigenvalue weighted by Gasteiger charge is -2.53. The van der Waals surface area contributed by atoms with Gasteiger partial charge >= 0.3 is 0 Å². The second-order valence-electron chi connectivity index (χ2n) is 11.8. The van der Waals surface area contributed by atoms with E-state index in [2.05, 4.69) is 4.90 Å². The predicted molar refractivity (Wildman–Crippen MR) is 168 cm³/mol. The summed E-state index contributed by atoms with van der Waals surface area (Å²) in [7, 11) is -3.80. The number of morpholine rings is 1. The van der Waals surface area contributed by atoms with Gasteiger partial charge in [-0.3, -0.25) is 9.69 Å². The average molecular weight is 633 g/mol. The maximum Gasteiger partial charge on any atom is 0.254 e. The van der Waals surface area contributed by atoms with Gasteiger partial charge in [0, 0.05) is 67.0 Å². The molecule has 0 saturated carbocycles. The topological polar surface area (TPSA) is 97.1 Å². The Labute approximate surface area is 261 Å². The Morgan fingerprint density at radius 1 is 0.818 bits per heavy atom. The van der Waals surface area contributed by atoms with Crippen molar-refractivity contribution >= 4 is 38.3 Å². The summed E-state index contributed by atoms with van der Waals surface area (Å²) < 4.78 is 35.9. The van der Waals surface area contributed by atoms with Crippen molar-refractivity contribution in [2.45, 2.75) is 35.9 Å². The zero-order valence-corrected chi connectivity index (χ0v) is 25.7. The van der Waals surface area contributed by atoms with E-state index < -0.39 is 10.0 Å². The SMILES string of the molecule is O=C(c1ccc(-c2cc[n+]([O-])cc2)cc1)N1C2CC(N3CCOCC3)CC1CN(S(=O)(=O)c1ccc3cc(Cl)ccc3c1)C2. The van der Waals surface area contributed by atoms with Crippen LogP contribution in [-0.4, -0.2) is 85.9 Å². The van der Waals surface area contributed by atoms with Crippen molar-refractivity contribution in [3.05, 3.63) is 101 Å². The maximum atomic E-state index is 14.1. The molecule has 4 aromatic rings. The third-order valence-electron chi connectivity index (χ3n) is 9.18. The number of aromatic nitrogens is 1. The lowest BCUT2D eigenvalue weighted by atomic mass is 9.86. The summed E-state index contributed by atoms with van der Waals surface area (Å²) in [5.41, 5.74) is 2.35. The molecule has 44 heavy (non-hydrogen) atoms. The molecule has 3 aliphatic heterocycles. The van der Waals surface area contributed by atoms with E-state index in [1.165, 1.54) is 12.4 Å². The van der Waals surface area contributed by atoms with Gasteiger partial charge in [-0.1, -0.05) is 35.9 Å². The number of fused-ring (bicyclic) bond motifs is 3. The first-order valence-corrected chi connectivity index (χ1v) is 16.7. The first kappa shape index (κ1) is 29.2. The molecular formula is C33H33ClN4O5S. The number of hydrogen-bond donors (Lipinski definition) is 0. The number of halogens is 1. The molecule has 3 saturated heterocycles. The highest BCUT2D eigenvalue weighted by atomic mass is 35.5. The van der Waals surface area contributed by atoms with E-state index in [1.54, 1.807) is 40.7 Å². The van der Waals surface area contributed by atoms with Gasteiger partial charge in [0.1, 0.15) is 0 Å². The molecule has 3 aliphatic rings. The van der Waals surface area contributed by atoms with Gasteiger partial charge in [0.25, 0.3) is 5.91 Å². The van der Waals surface area contributed by atoms with Gasteiger partial charge < -0.3 is 14.8 Å². The van der Waals surface area contributed by atoms with E-state index in [4.69, 9.17) is 16.3 Å². The molecule has 2 bridgehead atoms. The second-order valence-corrected chi connectivity index (χ2v) is 14.2. The number of rotatable bonds is 5. The number of ether oxygens (including phenoxy) is 1. The van der Waals surface area contributed by atoms with Crippen LogP contribution in [0.2, 0.25) is 5.02 Å². The summed E-state index contributed by atoms with van der Waals surface area (Å²) >= 11 is 6.14. The van der Waals surface area contributed by atoms with Gasteiger partial charge in [-0.05, 0) is 71.1 Å². The van der Waals surface area contributed by atoms with Crippen LogP contribution in [0.4, 0.5) is 0 Å². The Hall–Kier alpha value is -3.54. The van der Waals surface area contributed by atoms with Crippen LogP contribution in [0.25, 0.3) is 21.9 Å². The lowest BCUT2D eigenvalue weighted by Crippen LogP contribution is -2.67. The molecule has 0 radical (unpaired) electrons. The third-order valence-corrected chi connectivity index (χ3v) is 11.2. The lowest BCUT2D eigenvalue weighted by molar-refractivity contribution is -0.605. The Morgan fingerprint density at radius 3 is 2.11 bits per heavy atom. The quantitative estimate of drug-likeness (QED) is 0.242. The fourth-order valence-corrected chi connectivity index (χ4v) is 8.68. The minimum atomic E-state index is -3.80. The van der Waals surface area contributed by atoms with Crippen molar-refractivity contribution in [2.75, 3.05) is 39.4 Å². The third kappa shape index (κ3) is 5.57. The van der Waals surface area contributed by atoms with Crippen LogP contribution < -0.4 is 4.73 Å². The summed E-state index contributed by atoms with van der Waals surface area (Å²) in [6.07, 6.45) is 4.28. The highest BCUT2D eigenvalue weighted by Crippen LogP contribution is 2.36. The van der Waals surface area contributed by atoms with Crippen LogP contribution >= 0.6 is 11.6 Å². The summed E-state index contributed by atoms with van der Waals surface area (Å²) in [6, 6.07) is 21.2. The Balaban J connectivity index is 1.16.